The van der Waals surface area contributed by atoms with E-state index in [1.807, 2.05) is 13.8 Å². The molecule has 0 radical (unpaired) electrons. The lowest BCUT2D eigenvalue weighted by Crippen LogP contribution is -2.10. The molecule has 1 aromatic rings. The molecule has 0 bridgehead atoms. The summed E-state index contributed by atoms with van der Waals surface area (Å²) in [6.45, 7) is 5.40. The van der Waals surface area contributed by atoms with Crippen LogP contribution in [-0.2, 0) is 0 Å². The second-order valence-electron chi connectivity index (χ2n) is 2.94. The third-order valence-corrected chi connectivity index (χ3v) is 1.85. The van der Waals surface area contributed by atoms with Crippen LogP contribution in [0.25, 0.3) is 0 Å². The van der Waals surface area contributed by atoms with E-state index < -0.39 is 0 Å². The van der Waals surface area contributed by atoms with Gasteiger partial charge >= 0.3 is 0 Å². The van der Waals surface area contributed by atoms with E-state index in [2.05, 4.69) is 5.10 Å². The first-order valence-electron chi connectivity index (χ1n) is 3.78. The van der Waals surface area contributed by atoms with Gasteiger partial charge in [0.2, 0.25) is 0 Å². The van der Waals surface area contributed by atoms with Gasteiger partial charge in [-0.15, -0.1) is 0 Å². The molecule has 12 heavy (non-hydrogen) atoms. The molecule has 0 fully saturated rings. The van der Waals surface area contributed by atoms with Gasteiger partial charge in [-0.05, 0) is 13.8 Å². The Morgan fingerprint density at radius 1 is 1.67 bits per heavy atom. The van der Waals surface area contributed by atoms with Crippen LogP contribution in [0.3, 0.4) is 0 Å². The highest BCUT2D eigenvalue weighted by Crippen LogP contribution is 2.18. The highest BCUT2D eigenvalue weighted by atomic mass is 35.5. The van der Waals surface area contributed by atoms with E-state index in [1.165, 1.54) is 13.1 Å². The molecule has 0 aromatic carbocycles. The van der Waals surface area contributed by atoms with Crippen molar-refractivity contribution < 1.29 is 4.79 Å². The van der Waals surface area contributed by atoms with E-state index in [0.717, 1.165) is 0 Å². The van der Waals surface area contributed by atoms with Crippen LogP contribution in [0.4, 0.5) is 0 Å². The van der Waals surface area contributed by atoms with Crippen LogP contribution in [0.5, 0.6) is 0 Å². The Bertz CT molecular complexity index is 304. The Hall–Kier alpha value is -0.830. The molecule has 1 aromatic heterocycles. The summed E-state index contributed by atoms with van der Waals surface area (Å²) >= 11 is 5.78. The van der Waals surface area contributed by atoms with Gasteiger partial charge in [0.25, 0.3) is 0 Å². The zero-order valence-corrected chi connectivity index (χ0v) is 8.09. The maximum Gasteiger partial charge on any atom is 0.179 e. The lowest BCUT2D eigenvalue weighted by molar-refractivity contribution is 0.100. The van der Waals surface area contributed by atoms with Gasteiger partial charge in [0.15, 0.2) is 5.78 Å². The quantitative estimate of drug-likeness (QED) is 0.665. The Balaban J connectivity index is 3.21. The van der Waals surface area contributed by atoms with Crippen molar-refractivity contribution in [2.75, 3.05) is 0 Å². The molecule has 0 spiro atoms. The van der Waals surface area contributed by atoms with Gasteiger partial charge in [-0.1, -0.05) is 11.6 Å². The summed E-state index contributed by atoms with van der Waals surface area (Å²) in [7, 11) is 0. The molecule has 0 saturated heterocycles. The van der Waals surface area contributed by atoms with Gasteiger partial charge in [0.1, 0.15) is 5.69 Å². The van der Waals surface area contributed by atoms with Crippen LogP contribution in [-0.4, -0.2) is 15.6 Å². The molecule has 0 saturated carbocycles. The molecule has 1 heterocycles. The number of ketones is 1. The summed E-state index contributed by atoms with van der Waals surface area (Å²) in [5.74, 6) is -0.0498. The number of rotatable bonds is 2. The van der Waals surface area contributed by atoms with Crippen molar-refractivity contribution in [1.82, 2.24) is 9.78 Å². The summed E-state index contributed by atoms with van der Waals surface area (Å²) in [5.41, 5.74) is 0.492. The third kappa shape index (κ3) is 1.50. The molecule has 0 aliphatic carbocycles. The normalized spacial score (nSPS) is 10.8. The number of aromatic nitrogens is 2. The molecular weight excluding hydrogens is 176 g/mol. The number of carbonyl (C=O) groups is 1. The topological polar surface area (TPSA) is 34.9 Å². The summed E-state index contributed by atoms with van der Waals surface area (Å²) < 4.78 is 1.63. The van der Waals surface area contributed by atoms with Gasteiger partial charge in [-0.3, -0.25) is 9.48 Å². The molecule has 3 nitrogen and oxygen atoms in total. The summed E-state index contributed by atoms with van der Waals surface area (Å²) in [5, 5.41) is 4.43. The van der Waals surface area contributed by atoms with Crippen LogP contribution >= 0.6 is 11.6 Å². The van der Waals surface area contributed by atoms with Crippen molar-refractivity contribution in [3.8, 4) is 0 Å². The Kier molecular flexibility index (Phi) is 2.52. The second kappa shape index (κ2) is 3.27. The Morgan fingerprint density at radius 2 is 2.25 bits per heavy atom. The summed E-state index contributed by atoms with van der Waals surface area (Å²) in [6, 6.07) is 0.163. The molecule has 0 atom stereocenters. The average molecular weight is 187 g/mol. The van der Waals surface area contributed by atoms with Crippen molar-refractivity contribution in [2.45, 2.75) is 26.8 Å². The van der Waals surface area contributed by atoms with Gasteiger partial charge in [-0.2, -0.15) is 5.10 Å². The van der Waals surface area contributed by atoms with Crippen LogP contribution in [0.1, 0.15) is 37.3 Å². The van der Waals surface area contributed by atoms with Gasteiger partial charge < -0.3 is 0 Å². The standard InChI is InChI=1S/C8H11ClN2O/c1-5(2)11-8(6(3)12)7(9)4-10-11/h4-5H,1-3H3. The van der Waals surface area contributed by atoms with E-state index in [4.69, 9.17) is 11.6 Å². The fraction of sp³-hybridized carbons (Fsp3) is 0.500. The van der Waals surface area contributed by atoms with Crippen LogP contribution in [0.15, 0.2) is 6.20 Å². The van der Waals surface area contributed by atoms with E-state index in [9.17, 15) is 4.79 Å². The zero-order valence-electron chi connectivity index (χ0n) is 7.34. The van der Waals surface area contributed by atoms with Crippen molar-refractivity contribution in [1.29, 1.82) is 0 Å². The van der Waals surface area contributed by atoms with E-state index in [-0.39, 0.29) is 11.8 Å². The van der Waals surface area contributed by atoms with E-state index >= 15 is 0 Å². The van der Waals surface area contributed by atoms with Gasteiger partial charge in [0.05, 0.1) is 11.2 Å². The fourth-order valence-corrected chi connectivity index (χ4v) is 1.33. The van der Waals surface area contributed by atoms with Crippen LogP contribution in [0, 0.1) is 0 Å². The molecule has 4 heteroatoms. The van der Waals surface area contributed by atoms with Crippen molar-refractivity contribution in [3.63, 3.8) is 0 Å². The highest BCUT2D eigenvalue weighted by Gasteiger charge is 2.14. The summed E-state index contributed by atoms with van der Waals surface area (Å²) in [4.78, 5) is 11.1. The predicted octanol–water partition coefficient (Wildman–Crippen LogP) is 2.32. The van der Waals surface area contributed by atoms with Crippen molar-refractivity contribution in [3.05, 3.63) is 16.9 Å². The number of hydrogen-bond acceptors (Lipinski definition) is 2. The lowest BCUT2D eigenvalue weighted by Gasteiger charge is -2.08. The fourth-order valence-electron chi connectivity index (χ4n) is 1.06. The molecule has 0 unspecified atom stereocenters. The molecule has 1 rings (SSSR count). The lowest BCUT2D eigenvalue weighted by atomic mass is 10.3. The third-order valence-electron chi connectivity index (χ3n) is 1.57. The first-order valence-corrected chi connectivity index (χ1v) is 4.15. The molecule has 0 aliphatic rings. The summed E-state index contributed by atoms with van der Waals surface area (Å²) in [6.07, 6.45) is 1.50. The number of carbonyl (C=O) groups excluding carboxylic acids is 1. The smallest absolute Gasteiger partial charge is 0.179 e. The Labute approximate surface area is 76.3 Å². The number of nitrogens with zero attached hydrogens (tertiary/aromatic N) is 2. The molecule has 0 aliphatic heterocycles. The van der Waals surface area contributed by atoms with Gasteiger partial charge in [-0.25, -0.2) is 0 Å². The van der Waals surface area contributed by atoms with Crippen LogP contribution in [0.2, 0.25) is 5.02 Å². The SMILES string of the molecule is CC(=O)c1c(Cl)cnn1C(C)C. The first-order chi connectivity index (χ1) is 5.54. The molecule has 0 N–H and O–H groups in total. The van der Waals surface area contributed by atoms with E-state index in [0.29, 0.717) is 10.7 Å². The molecular formula is C8H11ClN2O. The van der Waals surface area contributed by atoms with E-state index in [1.54, 1.807) is 4.68 Å². The average Bonchev–Trinajstić information content (AvgIpc) is 2.30. The van der Waals surface area contributed by atoms with Crippen LogP contribution < -0.4 is 0 Å². The Morgan fingerprint density at radius 3 is 2.58 bits per heavy atom. The number of halogens is 1. The maximum absolute atomic E-state index is 11.1. The number of hydrogen-bond donors (Lipinski definition) is 0. The van der Waals surface area contributed by atoms with Crippen molar-refractivity contribution in [2.24, 2.45) is 0 Å². The minimum atomic E-state index is -0.0498. The zero-order chi connectivity index (χ0) is 9.30. The second-order valence-corrected chi connectivity index (χ2v) is 3.34. The van der Waals surface area contributed by atoms with Crippen molar-refractivity contribution >= 4 is 17.4 Å². The maximum atomic E-state index is 11.1. The minimum absolute atomic E-state index is 0.0498. The largest absolute Gasteiger partial charge is 0.293 e. The first kappa shape index (κ1) is 9.26. The van der Waals surface area contributed by atoms with Gasteiger partial charge in [0, 0.05) is 13.0 Å². The number of Topliss-reactive ketones (excluding diaryl/α,β-unsaturated/α-hetero) is 1. The predicted molar refractivity (Wildman–Crippen MR) is 47.6 cm³/mol. The highest BCUT2D eigenvalue weighted by molar-refractivity contribution is 6.33. The monoisotopic (exact) mass is 186 g/mol. The molecule has 66 valence electrons. The minimum Gasteiger partial charge on any atom is -0.293 e. The molecule has 0 amide bonds.